The molecule has 0 saturated heterocycles. The highest BCUT2D eigenvalue weighted by Gasteiger charge is 2.35. The van der Waals surface area contributed by atoms with Crippen LogP contribution in [0.4, 0.5) is 10.1 Å². The van der Waals surface area contributed by atoms with Crippen LogP contribution in [0.5, 0.6) is 0 Å². The zero-order chi connectivity index (χ0) is 31.1. The van der Waals surface area contributed by atoms with Crippen LogP contribution in [-0.4, -0.2) is 40.3 Å². The van der Waals surface area contributed by atoms with Gasteiger partial charge < -0.3 is 9.64 Å². The van der Waals surface area contributed by atoms with Gasteiger partial charge in [0.25, 0.3) is 0 Å². The number of benzene rings is 2. The summed E-state index contributed by atoms with van der Waals surface area (Å²) >= 11 is 1.77. The number of hydrogen-bond donors (Lipinski definition) is 0. The van der Waals surface area contributed by atoms with Gasteiger partial charge in [-0.1, -0.05) is 18.2 Å². The van der Waals surface area contributed by atoms with Gasteiger partial charge in [-0.2, -0.15) is 4.39 Å². The molecule has 3 fully saturated rings. The van der Waals surface area contributed by atoms with Crippen LogP contribution < -0.4 is 4.90 Å². The van der Waals surface area contributed by atoms with E-state index in [9.17, 15) is 14.0 Å². The number of carbonyl (C=O) groups excluding carboxylic acids is 2. The Morgan fingerprint density at radius 2 is 1.69 bits per heavy atom. The van der Waals surface area contributed by atoms with Gasteiger partial charge in [0.05, 0.1) is 33.8 Å². The summed E-state index contributed by atoms with van der Waals surface area (Å²) < 4.78 is 21.0. The van der Waals surface area contributed by atoms with E-state index in [0.29, 0.717) is 55.4 Å². The Bertz CT molecular complexity index is 1700. The SMILES string of the molecule is COC(=O)[C@H]1CC[C@H](C(=O)N(C[C@H]2CC[C@H](c3ccc4c(c3)c(F)nn4C)CC2)c2cccc(-c3cnc(C4CC4)s3)c2)CC1. The molecule has 7 rings (SSSR count). The predicted molar refractivity (Wildman–Crippen MR) is 175 cm³/mol. The van der Waals surface area contributed by atoms with E-state index in [2.05, 4.69) is 40.4 Å². The monoisotopic (exact) mass is 628 g/mol. The van der Waals surface area contributed by atoms with E-state index < -0.39 is 5.95 Å². The molecule has 0 unspecified atom stereocenters. The maximum Gasteiger partial charge on any atom is 0.308 e. The van der Waals surface area contributed by atoms with Gasteiger partial charge in [-0.25, -0.2) is 4.98 Å². The largest absolute Gasteiger partial charge is 0.469 e. The predicted octanol–water partition coefficient (Wildman–Crippen LogP) is 8.00. The number of nitrogens with zero attached hydrogens (tertiary/aromatic N) is 4. The number of fused-ring (bicyclic) bond motifs is 1. The molecule has 9 heteroatoms. The van der Waals surface area contributed by atoms with Crippen LogP contribution in [0.1, 0.15) is 86.6 Å². The molecule has 3 saturated carbocycles. The Morgan fingerprint density at radius 1 is 0.956 bits per heavy atom. The van der Waals surface area contributed by atoms with Crippen LogP contribution in [-0.2, 0) is 21.4 Å². The minimum absolute atomic E-state index is 0.100. The van der Waals surface area contributed by atoms with E-state index in [4.69, 9.17) is 4.74 Å². The molecule has 7 nitrogen and oxygen atoms in total. The van der Waals surface area contributed by atoms with E-state index in [-0.39, 0.29) is 23.7 Å². The molecule has 4 aromatic rings. The fourth-order valence-electron chi connectivity index (χ4n) is 7.48. The van der Waals surface area contributed by atoms with E-state index in [1.807, 2.05) is 23.2 Å². The molecular weight excluding hydrogens is 587 g/mol. The lowest BCUT2D eigenvalue weighted by molar-refractivity contribution is -0.147. The van der Waals surface area contributed by atoms with Crippen molar-refractivity contribution in [2.24, 2.45) is 24.8 Å². The lowest BCUT2D eigenvalue weighted by Gasteiger charge is -2.36. The number of aromatic nitrogens is 3. The van der Waals surface area contributed by atoms with Crippen molar-refractivity contribution in [3.63, 3.8) is 0 Å². The smallest absolute Gasteiger partial charge is 0.308 e. The number of amides is 1. The second-order valence-corrected chi connectivity index (χ2v) is 14.4. The Balaban J connectivity index is 1.09. The van der Waals surface area contributed by atoms with Gasteiger partial charge in [0.2, 0.25) is 11.9 Å². The number of halogens is 1. The minimum Gasteiger partial charge on any atom is -0.469 e. The topological polar surface area (TPSA) is 77.3 Å². The van der Waals surface area contributed by atoms with Crippen molar-refractivity contribution in [2.45, 2.75) is 76.0 Å². The van der Waals surface area contributed by atoms with E-state index >= 15 is 0 Å². The molecule has 3 aliphatic rings. The molecular formula is C36H41FN4O3S. The standard InChI is InChI=1S/C36H41FN4O3S/c1-40-31-17-16-27(19-30(31)33(37)39-40)23-8-6-22(7-9-23)21-41(35(42)25-12-14-26(15-13-25)36(43)44-2)29-5-3-4-28(18-29)32-20-38-34(45-32)24-10-11-24/h3-5,16-20,22-26H,6-15,21H2,1-2H3/t22-,23-,25-,26-. The molecule has 2 aromatic heterocycles. The second-order valence-electron chi connectivity index (χ2n) is 13.3. The molecule has 0 atom stereocenters. The Morgan fingerprint density at radius 3 is 2.42 bits per heavy atom. The van der Waals surface area contributed by atoms with Gasteiger partial charge >= 0.3 is 5.97 Å². The van der Waals surface area contributed by atoms with Gasteiger partial charge in [0.1, 0.15) is 0 Å². The van der Waals surface area contributed by atoms with Crippen molar-refractivity contribution in [1.82, 2.24) is 14.8 Å². The second kappa shape index (κ2) is 12.7. The number of esters is 1. The first-order valence-corrected chi connectivity index (χ1v) is 17.3. The highest BCUT2D eigenvalue weighted by atomic mass is 32.1. The van der Waals surface area contributed by atoms with Crippen molar-refractivity contribution in [1.29, 1.82) is 0 Å². The third-order valence-electron chi connectivity index (χ3n) is 10.4. The summed E-state index contributed by atoms with van der Waals surface area (Å²) in [5.41, 5.74) is 4.02. The average Bonchev–Trinajstić information content (AvgIpc) is 3.74. The van der Waals surface area contributed by atoms with E-state index in [0.717, 1.165) is 47.3 Å². The van der Waals surface area contributed by atoms with E-state index in [1.54, 1.807) is 23.1 Å². The molecule has 0 radical (unpaired) electrons. The van der Waals surface area contributed by atoms with E-state index in [1.165, 1.54) is 30.5 Å². The molecule has 2 heterocycles. The number of thiazole rings is 1. The van der Waals surface area contributed by atoms with Crippen LogP contribution >= 0.6 is 11.3 Å². The first kappa shape index (κ1) is 30.1. The number of hydrogen-bond acceptors (Lipinski definition) is 6. The van der Waals surface area contributed by atoms with Gasteiger partial charge in [-0.15, -0.1) is 16.4 Å². The third kappa shape index (κ3) is 6.28. The summed E-state index contributed by atoms with van der Waals surface area (Å²) in [5, 5.41) is 5.75. The maximum atomic E-state index is 14.4. The molecule has 0 N–H and O–H groups in total. The summed E-state index contributed by atoms with van der Waals surface area (Å²) in [6.07, 6.45) is 11.3. The average molecular weight is 629 g/mol. The van der Waals surface area contributed by atoms with Crippen LogP contribution in [0, 0.1) is 23.7 Å². The Kier molecular flexibility index (Phi) is 8.46. The Hall–Kier alpha value is -3.59. The number of anilines is 1. The van der Waals surface area contributed by atoms with Crippen LogP contribution in [0.25, 0.3) is 21.3 Å². The highest BCUT2D eigenvalue weighted by Crippen LogP contribution is 2.44. The fourth-order valence-corrected chi connectivity index (χ4v) is 8.57. The maximum absolute atomic E-state index is 14.4. The van der Waals surface area contributed by atoms with Gasteiger partial charge in [0, 0.05) is 37.3 Å². The van der Waals surface area contributed by atoms with Crippen molar-refractivity contribution in [3.05, 3.63) is 65.2 Å². The number of carbonyl (C=O) groups is 2. The number of ether oxygens (including phenoxy) is 1. The summed E-state index contributed by atoms with van der Waals surface area (Å²) in [4.78, 5) is 34.3. The van der Waals surface area contributed by atoms with Crippen molar-refractivity contribution < 1.29 is 18.7 Å². The van der Waals surface area contributed by atoms with Gasteiger partial charge in [-0.3, -0.25) is 14.3 Å². The molecule has 2 aromatic carbocycles. The van der Waals surface area contributed by atoms with Gasteiger partial charge in [-0.05, 0) is 111 Å². The quantitative estimate of drug-likeness (QED) is 0.185. The first-order chi connectivity index (χ1) is 21.9. The molecule has 0 bridgehead atoms. The van der Waals surface area contributed by atoms with Crippen molar-refractivity contribution in [2.75, 3.05) is 18.6 Å². The molecule has 45 heavy (non-hydrogen) atoms. The summed E-state index contributed by atoms with van der Waals surface area (Å²) in [6, 6.07) is 14.5. The fraction of sp³-hybridized carbons (Fsp3) is 0.500. The normalized spacial score (nSPS) is 23.6. The Labute approximate surface area is 267 Å². The minimum atomic E-state index is -0.415. The first-order valence-electron chi connectivity index (χ1n) is 16.5. The zero-order valence-electron chi connectivity index (χ0n) is 26.1. The number of aryl methyl sites for hydroxylation is 1. The third-order valence-corrected chi connectivity index (χ3v) is 11.6. The van der Waals surface area contributed by atoms with Crippen LogP contribution in [0.15, 0.2) is 48.7 Å². The van der Waals surface area contributed by atoms with Crippen molar-refractivity contribution >= 4 is 39.8 Å². The lowest BCUT2D eigenvalue weighted by atomic mass is 9.78. The van der Waals surface area contributed by atoms with Crippen LogP contribution in [0.3, 0.4) is 0 Å². The molecule has 0 spiro atoms. The lowest BCUT2D eigenvalue weighted by Crippen LogP contribution is -2.42. The molecule has 0 aliphatic heterocycles. The summed E-state index contributed by atoms with van der Waals surface area (Å²) in [6.45, 7) is 0.679. The van der Waals surface area contributed by atoms with Gasteiger partial charge in [0.15, 0.2) is 0 Å². The van der Waals surface area contributed by atoms with Crippen molar-refractivity contribution in [3.8, 4) is 10.4 Å². The molecule has 3 aliphatic carbocycles. The highest BCUT2D eigenvalue weighted by molar-refractivity contribution is 7.15. The zero-order valence-corrected chi connectivity index (χ0v) is 26.9. The van der Waals surface area contributed by atoms with Crippen LogP contribution in [0.2, 0.25) is 0 Å². The number of methoxy groups -OCH3 is 1. The summed E-state index contributed by atoms with van der Waals surface area (Å²) in [7, 11) is 3.21. The molecule has 236 valence electrons. The summed E-state index contributed by atoms with van der Waals surface area (Å²) in [5.74, 6) is 0.741. The molecule has 1 amide bonds. The number of rotatable bonds is 8.